The highest BCUT2D eigenvalue weighted by Crippen LogP contribution is 2.50. The highest BCUT2D eigenvalue weighted by Gasteiger charge is 2.31. The highest BCUT2D eigenvalue weighted by atomic mass is 16.5. The maximum Gasteiger partial charge on any atom is 0.123 e. The van der Waals surface area contributed by atoms with E-state index in [0.29, 0.717) is 5.41 Å². The van der Waals surface area contributed by atoms with Crippen molar-refractivity contribution in [3.05, 3.63) is 101 Å². The first-order chi connectivity index (χ1) is 19.2. The molecular formula is C37H37O2-. The molecule has 0 radical (unpaired) electrons. The molecule has 5 aromatic carbocycles. The summed E-state index contributed by atoms with van der Waals surface area (Å²) >= 11 is 0. The molecule has 2 heteroatoms. The van der Waals surface area contributed by atoms with Crippen molar-refractivity contribution in [2.75, 3.05) is 14.2 Å². The monoisotopic (exact) mass is 513 g/mol. The standard InChI is InChI=1S/C37H37O2/c1-4-37(16-10-5-11-17-37)28-18-26-20-31-33(38-2)22-24-12-6-8-14-29(24)35(31)36-30-15-9-7-13-25(30)23-34(39-3)32(36)21-27(26)19-28/h6-9,12-15,18-19,22-23H,4-5,10-11,16-17,20-21H2,1-3H3/q-1. The fourth-order valence-electron chi connectivity index (χ4n) is 7.71. The number of hydrogen-bond acceptors (Lipinski definition) is 2. The summed E-state index contributed by atoms with van der Waals surface area (Å²) in [6.07, 6.45) is 9.64. The van der Waals surface area contributed by atoms with Crippen molar-refractivity contribution in [1.29, 1.82) is 0 Å². The molecule has 5 aromatic rings. The minimum atomic E-state index is 0.311. The second kappa shape index (κ2) is 9.52. The minimum absolute atomic E-state index is 0.311. The quantitative estimate of drug-likeness (QED) is 0.219. The third-order valence-corrected chi connectivity index (χ3v) is 9.83. The summed E-state index contributed by atoms with van der Waals surface area (Å²) in [6, 6.07) is 27.1. The van der Waals surface area contributed by atoms with Crippen LogP contribution in [-0.4, -0.2) is 14.2 Å². The summed E-state index contributed by atoms with van der Waals surface area (Å²) < 4.78 is 12.3. The van der Waals surface area contributed by atoms with E-state index in [4.69, 9.17) is 9.47 Å². The van der Waals surface area contributed by atoms with E-state index in [0.717, 1.165) is 24.3 Å². The first-order valence-electron chi connectivity index (χ1n) is 14.6. The molecule has 0 atom stereocenters. The van der Waals surface area contributed by atoms with Crippen LogP contribution in [-0.2, 0) is 18.3 Å². The number of fused-ring (bicyclic) bond motifs is 8. The molecule has 1 saturated carbocycles. The van der Waals surface area contributed by atoms with Gasteiger partial charge in [-0.05, 0) is 81.5 Å². The molecule has 0 aliphatic heterocycles. The molecule has 0 heterocycles. The van der Waals surface area contributed by atoms with Crippen molar-refractivity contribution in [2.45, 2.75) is 63.7 Å². The predicted molar refractivity (Wildman–Crippen MR) is 163 cm³/mol. The highest BCUT2D eigenvalue weighted by molar-refractivity contribution is 6.10. The van der Waals surface area contributed by atoms with Crippen LogP contribution in [0.5, 0.6) is 11.5 Å². The predicted octanol–water partition coefficient (Wildman–Crippen LogP) is 9.50. The molecule has 0 aromatic heterocycles. The van der Waals surface area contributed by atoms with E-state index in [2.05, 4.69) is 79.7 Å². The summed E-state index contributed by atoms with van der Waals surface area (Å²) in [5.74, 6) is 1.94. The van der Waals surface area contributed by atoms with Crippen LogP contribution in [0.25, 0.3) is 32.7 Å². The average molecular weight is 514 g/mol. The second-order valence-corrected chi connectivity index (χ2v) is 11.6. The molecule has 7 rings (SSSR count). The van der Waals surface area contributed by atoms with Crippen molar-refractivity contribution >= 4 is 21.5 Å². The Bertz CT molecular complexity index is 1580. The summed E-state index contributed by atoms with van der Waals surface area (Å²) in [7, 11) is 3.64. The van der Waals surface area contributed by atoms with Crippen LogP contribution >= 0.6 is 0 Å². The van der Waals surface area contributed by atoms with Crippen LogP contribution < -0.4 is 9.47 Å². The third-order valence-electron chi connectivity index (χ3n) is 9.83. The van der Waals surface area contributed by atoms with Crippen LogP contribution in [0.15, 0.2) is 72.8 Å². The van der Waals surface area contributed by atoms with Gasteiger partial charge in [0.1, 0.15) is 11.5 Å². The van der Waals surface area contributed by atoms with Gasteiger partial charge in [0.25, 0.3) is 0 Å². The molecule has 0 saturated heterocycles. The second-order valence-electron chi connectivity index (χ2n) is 11.6. The van der Waals surface area contributed by atoms with Gasteiger partial charge in [0, 0.05) is 5.56 Å². The van der Waals surface area contributed by atoms with E-state index in [1.807, 2.05) is 14.2 Å². The van der Waals surface area contributed by atoms with Gasteiger partial charge < -0.3 is 9.47 Å². The lowest BCUT2D eigenvalue weighted by atomic mass is 9.68. The van der Waals surface area contributed by atoms with Gasteiger partial charge >= 0.3 is 0 Å². The number of ether oxygens (including phenoxy) is 2. The van der Waals surface area contributed by atoms with Crippen molar-refractivity contribution < 1.29 is 9.47 Å². The zero-order valence-electron chi connectivity index (χ0n) is 23.4. The van der Waals surface area contributed by atoms with Crippen LogP contribution in [0, 0.1) is 0 Å². The largest absolute Gasteiger partial charge is 0.496 e. The zero-order chi connectivity index (χ0) is 26.6. The molecule has 2 aliphatic rings. The molecule has 0 bridgehead atoms. The molecule has 2 nitrogen and oxygen atoms in total. The van der Waals surface area contributed by atoms with Crippen LogP contribution in [0.2, 0.25) is 0 Å². The summed E-state index contributed by atoms with van der Waals surface area (Å²) in [4.78, 5) is 0. The molecule has 198 valence electrons. The van der Waals surface area contributed by atoms with E-state index < -0.39 is 0 Å². The lowest BCUT2D eigenvalue weighted by molar-refractivity contribution is 0.284. The number of rotatable bonds is 4. The molecule has 0 amide bonds. The normalized spacial score (nSPS) is 16.2. The van der Waals surface area contributed by atoms with E-state index in [1.54, 1.807) is 5.56 Å². The lowest BCUT2D eigenvalue weighted by Crippen LogP contribution is -2.27. The van der Waals surface area contributed by atoms with E-state index in [-0.39, 0.29) is 0 Å². The Morgan fingerprint density at radius 3 is 1.85 bits per heavy atom. The Kier molecular flexibility index (Phi) is 5.95. The lowest BCUT2D eigenvalue weighted by Gasteiger charge is -2.39. The van der Waals surface area contributed by atoms with Gasteiger partial charge in [-0.2, -0.15) is 22.8 Å². The molecule has 2 aliphatic carbocycles. The molecule has 1 fully saturated rings. The molecular weight excluding hydrogens is 476 g/mol. The minimum Gasteiger partial charge on any atom is -0.496 e. The number of hydrogen-bond donors (Lipinski definition) is 0. The number of benzene rings is 4. The van der Waals surface area contributed by atoms with E-state index in [9.17, 15) is 0 Å². The maximum absolute atomic E-state index is 6.15. The Labute approximate surface area is 231 Å². The van der Waals surface area contributed by atoms with Gasteiger partial charge in [-0.3, -0.25) is 0 Å². The summed E-state index contributed by atoms with van der Waals surface area (Å²) in [5.41, 5.74) is 9.91. The Morgan fingerprint density at radius 2 is 1.28 bits per heavy atom. The van der Waals surface area contributed by atoms with Crippen LogP contribution in [0.1, 0.15) is 73.3 Å². The molecule has 0 N–H and O–H groups in total. The molecule has 0 spiro atoms. The summed E-state index contributed by atoms with van der Waals surface area (Å²) in [6.45, 7) is 2.39. The van der Waals surface area contributed by atoms with Gasteiger partial charge in [0.2, 0.25) is 0 Å². The van der Waals surface area contributed by atoms with E-state index >= 15 is 0 Å². The first-order valence-corrected chi connectivity index (χ1v) is 14.6. The van der Waals surface area contributed by atoms with Gasteiger partial charge in [0.15, 0.2) is 0 Å². The SMILES string of the molecule is CCC1(c2cc3c([cH-]2)Cc2c(OC)cc4ccccc4c2-c2c(c(OC)cc4ccccc24)C3)CCCCC1. The van der Waals surface area contributed by atoms with E-state index in [1.165, 1.54) is 93.5 Å². The van der Waals surface area contributed by atoms with Gasteiger partial charge in [-0.15, -0.1) is 0 Å². The summed E-state index contributed by atoms with van der Waals surface area (Å²) in [5, 5.41) is 4.98. The fourth-order valence-corrected chi connectivity index (χ4v) is 7.71. The maximum atomic E-state index is 6.15. The van der Waals surface area contributed by atoms with Crippen molar-refractivity contribution in [2.24, 2.45) is 0 Å². The van der Waals surface area contributed by atoms with Gasteiger partial charge in [-0.1, -0.05) is 81.1 Å². The number of methoxy groups -OCH3 is 2. The topological polar surface area (TPSA) is 18.5 Å². The Balaban J connectivity index is 1.58. The Morgan fingerprint density at radius 1 is 0.718 bits per heavy atom. The van der Waals surface area contributed by atoms with Crippen molar-refractivity contribution in [3.63, 3.8) is 0 Å². The average Bonchev–Trinajstić information content (AvgIpc) is 3.38. The zero-order valence-corrected chi connectivity index (χ0v) is 23.4. The Hall–Kier alpha value is -3.65. The van der Waals surface area contributed by atoms with Gasteiger partial charge in [-0.25, -0.2) is 6.07 Å². The van der Waals surface area contributed by atoms with Crippen LogP contribution in [0.4, 0.5) is 0 Å². The molecule has 39 heavy (non-hydrogen) atoms. The van der Waals surface area contributed by atoms with Gasteiger partial charge in [0.05, 0.1) is 14.2 Å². The smallest absolute Gasteiger partial charge is 0.123 e. The molecule has 0 unspecified atom stereocenters. The van der Waals surface area contributed by atoms with Crippen molar-refractivity contribution in [3.8, 4) is 22.6 Å². The van der Waals surface area contributed by atoms with Crippen molar-refractivity contribution in [1.82, 2.24) is 0 Å². The fraction of sp³-hybridized carbons (Fsp3) is 0.324. The first kappa shape index (κ1) is 24.4. The van der Waals surface area contributed by atoms with Crippen LogP contribution in [0.3, 0.4) is 0 Å². The third kappa shape index (κ3) is 3.79.